The van der Waals surface area contributed by atoms with Crippen LogP contribution in [0.1, 0.15) is 42.9 Å². The highest BCUT2D eigenvalue weighted by atomic mass is 16.3. The van der Waals surface area contributed by atoms with Gasteiger partial charge in [0.15, 0.2) is 0 Å². The summed E-state index contributed by atoms with van der Waals surface area (Å²) in [6, 6.07) is 8.28. The van der Waals surface area contributed by atoms with Crippen LogP contribution in [0, 0.1) is 0 Å². The molecular formula is C15H22N2O2. The number of urea groups is 1. The number of amides is 2. The van der Waals surface area contributed by atoms with Crippen LogP contribution in [0.4, 0.5) is 4.79 Å². The highest BCUT2D eigenvalue weighted by Crippen LogP contribution is 2.36. The maximum atomic E-state index is 12.0. The molecule has 0 saturated heterocycles. The monoisotopic (exact) mass is 262 g/mol. The van der Waals surface area contributed by atoms with E-state index in [9.17, 15) is 4.79 Å². The van der Waals surface area contributed by atoms with Gasteiger partial charge in [-0.3, -0.25) is 0 Å². The maximum Gasteiger partial charge on any atom is 0.317 e. The summed E-state index contributed by atoms with van der Waals surface area (Å²) in [4.78, 5) is 13.5. The van der Waals surface area contributed by atoms with Gasteiger partial charge in [-0.25, -0.2) is 4.79 Å². The first-order valence-electron chi connectivity index (χ1n) is 6.84. The number of rotatable bonds is 3. The van der Waals surface area contributed by atoms with Gasteiger partial charge in [-0.1, -0.05) is 31.2 Å². The molecule has 1 aliphatic rings. The molecule has 0 spiro atoms. The van der Waals surface area contributed by atoms with Crippen LogP contribution in [0.25, 0.3) is 0 Å². The highest BCUT2D eigenvalue weighted by Gasteiger charge is 2.26. The number of nitrogens with zero attached hydrogens (tertiary/aromatic N) is 1. The van der Waals surface area contributed by atoms with E-state index in [0.29, 0.717) is 12.5 Å². The lowest BCUT2D eigenvalue weighted by Gasteiger charge is -2.31. The second kappa shape index (κ2) is 6.06. The second-order valence-corrected chi connectivity index (χ2v) is 5.25. The van der Waals surface area contributed by atoms with Crippen LogP contribution in [-0.4, -0.2) is 36.2 Å². The fraction of sp³-hybridized carbons (Fsp3) is 0.533. The molecule has 2 N–H and O–H groups in total. The standard InChI is InChI=1S/C15H22N2O2/c1-11-7-8-14(13-6-4-3-5-12(11)13)16-15(19)17(2)9-10-18/h3-6,11,14,18H,7-10H2,1-2H3,(H,16,19). The number of carbonyl (C=O) groups is 1. The van der Waals surface area contributed by atoms with Crippen LogP contribution in [0.2, 0.25) is 0 Å². The summed E-state index contributed by atoms with van der Waals surface area (Å²) in [6.07, 6.45) is 2.06. The van der Waals surface area contributed by atoms with Gasteiger partial charge in [0, 0.05) is 13.6 Å². The quantitative estimate of drug-likeness (QED) is 0.878. The van der Waals surface area contributed by atoms with E-state index in [1.807, 2.05) is 6.07 Å². The molecule has 0 heterocycles. The van der Waals surface area contributed by atoms with E-state index >= 15 is 0 Å². The molecule has 2 amide bonds. The van der Waals surface area contributed by atoms with Crippen molar-refractivity contribution in [1.82, 2.24) is 10.2 Å². The van der Waals surface area contributed by atoms with Crippen molar-refractivity contribution in [3.05, 3.63) is 35.4 Å². The van der Waals surface area contributed by atoms with Crippen molar-refractivity contribution in [3.63, 3.8) is 0 Å². The molecule has 0 bridgehead atoms. The van der Waals surface area contributed by atoms with Crippen molar-refractivity contribution in [2.24, 2.45) is 0 Å². The summed E-state index contributed by atoms with van der Waals surface area (Å²) in [7, 11) is 1.70. The van der Waals surface area contributed by atoms with Gasteiger partial charge in [0.2, 0.25) is 0 Å². The largest absolute Gasteiger partial charge is 0.395 e. The van der Waals surface area contributed by atoms with Crippen LogP contribution in [-0.2, 0) is 0 Å². The van der Waals surface area contributed by atoms with Crippen molar-refractivity contribution in [1.29, 1.82) is 0 Å². The Hall–Kier alpha value is -1.55. The topological polar surface area (TPSA) is 52.6 Å². The van der Waals surface area contributed by atoms with Gasteiger partial charge in [-0.2, -0.15) is 0 Å². The number of hydrogen-bond acceptors (Lipinski definition) is 2. The van der Waals surface area contributed by atoms with Gasteiger partial charge in [-0.15, -0.1) is 0 Å². The lowest BCUT2D eigenvalue weighted by molar-refractivity contribution is 0.185. The molecule has 0 saturated carbocycles. The molecule has 1 aromatic rings. The zero-order valence-electron chi connectivity index (χ0n) is 11.6. The Kier molecular flexibility index (Phi) is 4.43. The Morgan fingerprint density at radius 1 is 1.37 bits per heavy atom. The van der Waals surface area contributed by atoms with Crippen molar-refractivity contribution in [2.45, 2.75) is 31.7 Å². The smallest absolute Gasteiger partial charge is 0.317 e. The van der Waals surface area contributed by atoms with E-state index in [0.717, 1.165) is 12.8 Å². The summed E-state index contributed by atoms with van der Waals surface area (Å²) in [6.45, 7) is 2.58. The van der Waals surface area contributed by atoms with Gasteiger partial charge < -0.3 is 15.3 Å². The first kappa shape index (κ1) is 13.9. The summed E-state index contributed by atoms with van der Waals surface area (Å²) in [5.74, 6) is 0.555. The van der Waals surface area contributed by atoms with Crippen LogP contribution in [0.5, 0.6) is 0 Å². The van der Waals surface area contributed by atoms with E-state index in [1.165, 1.54) is 16.0 Å². The molecule has 2 unspecified atom stereocenters. The number of likely N-dealkylation sites (N-methyl/N-ethyl adjacent to an activating group) is 1. The number of fused-ring (bicyclic) bond motifs is 1. The Balaban J connectivity index is 2.10. The zero-order valence-corrected chi connectivity index (χ0v) is 11.6. The van der Waals surface area contributed by atoms with Crippen molar-refractivity contribution >= 4 is 6.03 Å². The summed E-state index contributed by atoms with van der Waals surface area (Å²) < 4.78 is 0. The SMILES string of the molecule is CC1CCC(NC(=O)N(C)CCO)c2ccccc21. The van der Waals surface area contributed by atoms with Crippen molar-refractivity contribution in [3.8, 4) is 0 Å². The van der Waals surface area contributed by atoms with Crippen LogP contribution in [0.3, 0.4) is 0 Å². The molecule has 4 heteroatoms. The molecule has 0 radical (unpaired) electrons. The first-order chi connectivity index (χ1) is 9.13. The van der Waals surface area contributed by atoms with Gasteiger partial charge in [0.25, 0.3) is 0 Å². The molecule has 104 valence electrons. The van der Waals surface area contributed by atoms with E-state index < -0.39 is 0 Å². The lowest BCUT2D eigenvalue weighted by atomic mass is 9.81. The molecule has 0 aliphatic heterocycles. The van der Waals surface area contributed by atoms with E-state index in [-0.39, 0.29) is 18.7 Å². The summed E-state index contributed by atoms with van der Waals surface area (Å²) in [5.41, 5.74) is 2.57. The van der Waals surface area contributed by atoms with Crippen molar-refractivity contribution in [2.75, 3.05) is 20.2 Å². The third kappa shape index (κ3) is 3.07. The maximum absolute atomic E-state index is 12.0. The minimum atomic E-state index is -0.122. The predicted molar refractivity (Wildman–Crippen MR) is 75.1 cm³/mol. The Bertz CT molecular complexity index is 448. The number of aliphatic hydroxyl groups excluding tert-OH is 1. The fourth-order valence-corrected chi connectivity index (χ4v) is 2.67. The normalized spacial score (nSPS) is 21.6. The van der Waals surface area contributed by atoms with Crippen LogP contribution >= 0.6 is 0 Å². The van der Waals surface area contributed by atoms with E-state index in [1.54, 1.807) is 7.05 Å². The molecule has 1 aliphatic carbocycles. The predicted octanol–water partition coefficient (Wildman–Crippen LogP) is 2.26. The second-order valence-electron chi connectivity index (χ2n) is 5.25. The van der Waals surface area contributed by atoms with Gasteiger partial charge >= 0.3 is 6.03 Å². The first-order valence-corrected chi connectivity index (χ1v) is 6.84. The number of carbonyl (C=O) groups excluding carboxylic acids is 1. The average molecular weight is 262 g/mol. The van der Waals surface area contributed by atoms with E-state index in [4.69, 9.17) is 5.11 Å². The summed E-state index contributed by atoms with van der Waals surface area (Å²) in [5, 5.41) is 11.9. The van der Waals surface area contributed by atoms with Gasteiger partial charge in [-0.05, 0) is 29.9 Å². The molecule has 0 aromatic heterocycles. The Morgan fingerprint density at radius 3 is 2.74 bits per heavy atom. The Labute approximate surface area is 114 Å². The lowest BCUT2D eigenvalue weighted by Crippen LogP contribution is -2.41. The van der Waals surface area contributed by atoms with E-state index in [2.05, 4.69) is 30.4 Å². The minimum Gasteiger partial charge on any atom is -0.395 e. The van der Waals surface area contributed by atoms with Gasteiger partial charge in [0.05, 0.1) is 12.6 Å². The molecule has 2 rings (SSSR count). The molecular weight excluding hydrogens is 240 g/mol. The molecule has 0 fully saturated rings. The molecule has 4 nitrogen and oxygen atoms in total. The van der Waals surface area contributed by atoms with Gasteiger partial charge in [0.1, 0.15) is 0 Å². The zero-order chi connectivity index (χ0) is 13.8. The average Bonchev–Trinajstić information content (AvgIpc) is 2.42. The number of benzene rings is 1. The molecule has 1 aromatic carbocycles. The molecule has 2 atom stereocenters. The summed E-state index contributed by atoms with van der Waals surface area (Å²) >= 11 is 0. The number of nitrogens with one attached hydrogen (secondary N) is 1. The van der Waals surface area contributed by atoms with Crippen molar-refractivity contribution < 1.29 is 9.90 Å². The van der Waals surface area contributed by atoms with Crippen LogP contribution < -0.4 is 5.32 Å². The minimum absolute atomic E-state index is 0.0117. The molecule has 19 heavy (non-hydrogen) atoms. The highest BCUT2D eigenvalue weighted by molar-refractivity contribution is 5.74. The third-order valence-electron chi connectivity index (χ3n) is 3.87. The fourth-order valence-electron chi connectivity index (χ4n) is 2.67. The third-order valence-corrected chi connectivity index (χ3v) is 3.87. The number of hydrogen-bond donors (Lipinski definition) is 2. The van der Waals surface area contributed by atoms with Crippen LogP contribution in [0.15, 0.2) is 24.3 Å². The number of aliphatic hydroxyl groups is 1. The Morgan fingerprint density at radius 2 is 2.05 bits per heavy atom.